The fourth-order valence-corrected chi connectivity index (χ4v) is 3.17. The molecule has 0 N–H and O–H groups in total. The number of anilines is 1. The van der Waals surface area contributed by atoms with E-state index in [1.807, 2.05) is 6.07 Å². The Hall–Kier alpha value is -1.14. The predicted molar refractivity (Wildman–Crippen MR) is 71.7 cm³/mol. The summed E-state index contributed by atoms with van der Waals surface area (Å²) < 4.78 is 6.76. The van der Waals surface area contributed by atoms with Crippen molar-refractivity contribution in [1.29, 1.82) is 0 Å². The molecule has 0 saturated carbocycles. The van der Waals surface area contributed by atoms with Gasteiger partial charge in [0.15, 0.2) is 5.58 Å². The summed E-state index contributed by atoms with van der Waals surface area (Å²) in [4.78, 5) is 13.6. The standard InChI is InChI=1S/C12H13BrN4O/c13-8-5-10-11(14-6-8)15-12(18-10)17-4-3-16-2-1-9(17)7-16/h5-6,9H,1-4,7H2. The van der Waals surface area contributed by atoms with Crippen LogP contribution >= 0.6 is 15.9 Å². The first-order valence-corrected chi connectivity index (χ1v) is 7.00. The van der Waals surface area contributed by atoms with E-state index in [0.29, 0.717) is 11.7 Å². The minimum atomic E-state index is 0.551. The summed E-state index contributed by atoms with van der Waals surface area (Å²) in [5, 5.41) is 0. The molecule has 2 aromatic rings. The molecule has 5 nitrogen and oxygen atoms in total. The average Bonchev–Trinajstić information content (AvgIpc) is 2.94. The van der Waals surface area contributed by atoms with E-state index in [-0.39, 0.29) is 0 Å². The van der Waals surface area contributed by atoms with Gasteiger partial charge in [0.05, 0.1) is 0 Å². The largest absolute Gasteiger partial charge is 0.422 e. The lowest BCUT2D eigenvalue weighted by Gasteiger charge is -2.32. The highest BCUT2D eigenvalue weighted by atomic mass is 79.9. The molecule has 2 aromatic heterocycles. The van der Waals surface area contributed by atoms with Gasteiger partial charge in [-0.15, -0.1) is 0 Å². The Labute approximate surface area is 113 Å². The van der Waals surface area contributed by atoms with Gasteiger partial charge in [0.2, 0.25) is 5.65 Å². The normalized spacial score (nSPS) is 27.1. The maximum absolute atomic E-state index is 5.84. The number of hydrogen-bond acceptors (Lipinski definition) is 5. The van der Waals surface area contributed by atoms with Gasteiger partial charge in [-0.05, 0) is 22.4 Å². The van der Waals surface area contributed by atoms with E-state index in [4.69, 9.17) is 4.42 Å². The number of piperazine rings is 1. The highest BCUT2D eigenvalue weighted by molar-refractivity contribution is 9.10. The van der Waals surface area contributed by atoms with Gasteiger partial charge < -0.3 is 9.32 Å². The van der Waals surface area contributed by atoms with Crippen LogP contribution in [0.3, 0.4) is 0 Å². The SMILES string of the molecule is Brc1cnc2nc(N3CC[N@]4CCC3C4)oc2c1. The molecule has 4 rings (SSSR count). The third-order valence-corrected chi connectivity index (χ3v) is 4.23. The Kier molecular flexibility index (Phi) is 2.35. The summed E-state index contributed by atoms with van der Waals surface area (Å²) in [7, 11) is 0. The number of aromatic nitrogens is 2. The van der Waals surface area contributed by atoms with E-state index in [1.54, 1.807) is 6.20 Å². The van der Waals surface area contributed by atoms with Crippen molar-refractivity contribution < 1.29 is 4.42 Å². The first kappa shape index (κ1) is 10.8. The average molecular weight is 309 g/mol. The highest BCUT2D eigenvalue weighted by Crippen LogP contribution is 2.29. The number of oxazole rings is 1. The predicted octanol–water partition coefficient (Wildman–Crippen LogP) is 1.88. The lowest BCUT2D eigenvalue weighted by Crippen LogP contribution is -2.46. The van der Waals surface area contributed by atoms with Gasteiger partial charge in [-0.25, -0.2) is 4.98 Å². The molecule has 0 aliphatic carbocycles. The van der Waals surface area contributed by atoms with E-state index >= 15 is 0 Å². The number of nitrogens with zero attached hydrogens (tertiary/aromatic N) is 4. The van der Waals surface area contributed by atoms with Crippen molar-refractivity contribution in [2.75, 3.05) is 31.1 Å². The Morgan fingerprint density at radius 1 is 1.33 bits per heavy atom. The molecule has 0 aromatic carbocycles. The second-order valence-electron chi connectivity index (χ2n) is 4.91. The second kappa shape index (κ2) is 3.93. The summed E-state index contributed by atoms with van der Waals surface area (Å²) in [6.07, 6.45) is 2.96. The van der Waals surface area contributed by atoms with Gasteiger partial charge >= 0.3 is 0 Å². The molecule has 0 amide bonds. The van der Waals surface area contributed by atoms with Crippen LogP contribution in [0.4, 0.5) is 6.01 Å². The molecule has 0 radical (unpaired) electrons. The van der Waals surface area contributed by atoms with Crippen molar-refractivity contribution in [3.63, 3.8) is 0 Å². The van der Waals surface area contributed by atoms with E-state index in [2.05, 4.69) is 35.7 Å². The molecule has 2 aliphatic rings. The highest BCUT2D eigenvalue weighted by Gasteiger charge is 2.34. The van der Waals surface area contributed by atoms with Crippen molar-refractivity contribution in [1.82, 2.24) is 14.9 Å². The minimum Gasteiger partial charge on any atom is -0.422 e. The molecule has 18 heavy (non-hydrogen) atoms. The Morgan fingerprint density at radius 2 is 2.28 bits per heavy atom. The molecule has 2 atom stereocenters. The first-order chi connectivity index (χ1) is 8.79. The fourth-order valence-electron chi connectivity index (χ4n) is 2.86. The number of pyridine rings is 1. The minimum absolute atomic E-state index is 0.551. The Morgan fingerprint density at radius 3 is 3.22 bits per heavy atom. The van der Waals surface area contributed by atoms with Gasteiger partial charge in [-0.3, -0.25) is 4.90 Å². The van der Waals surface area contributed by atoms with Crippen LogP contribution in [0.15, 0.2) is 21.2 Å². The Bertz CT molecular complexity index is 599. The molecular weight excluding hydrogens is 296 g/mol. The number of halogens is 1. The van der Waals surface area contributed by atoms with Crippen LogP contribution in [0.5, 0.6) is 0 Å². The van der Waals surface area contributed by atoms with Crippen LogP contribution in [0.2, 0.25) is 0 Å². The fraction of sp³-hybridized carbons (Fsp3) is 0.500. The van der Waals surface area contributed by atoms with Crippen LogP contribution in [-0.2, 0) is 0 Å². The first-order valence-electron chi connectivity index (χ1n) is 6.21. The van der Waals surface area contributed by atoms with Crippen LogP contribution in [0.1, 0.15) is 6.42 Å². The summed E-state index contributed by atoms with van der Waals surface area (Å²) in [5.41, 5.74) is 1.44. The van der Waals surface area contributed by atoms with E-state index in [0.717, 1.165) is 35.7 Å². The van der Waals surface area contributed by atoms with Crippen LogP contribution in [-0.4, -0.2) is 47.1 Å². The van der Waals surface area contributed by atoms with Gasteiger partial charge in [-0.1, -0.05) is 0 Å². The molecule has 1 unspecified atom stereocenters. The van der Waals surface area contributed by atoms with Crippen LogP contribution in [0, 0.1) is 0 Å². The smallest absolute Gasteiger partial charge is 0.300 e. The molecule has 2 aliphatic heterocycles. The second-order valence-corrected chi connectivity index (χ2v) is 5.82. The van der Waals surface area contributed by atoms with Crippen molar-refractivity contribution >= 4 is 33.2 Å². The monoisotopic (exact) mass is 308 g/mol. The van der Waals surface area contributed by atoms with Gasteiger partial charge in [-0.2, -0.15) is 4.98 Å². The lowest BCUT2D eigenvalue weighted by molar-refractivity contribution is 0.304. The third-order valence-electron chi connectivity index (χ3n) is 3.79. The van der Waals surface area contributed by atoms with Gasteiger partial charge in [0.25, 0.3) is 6.01 Å². The molecule has 0 spiro atoms. The van der Waals surface area contributed by atoms with Crippen molar-refractivity contribution in [2.45, 2.75) is 12.5 Å². The van der Waals surface area contributed by atoms with E-state index in [9.17, 15) is 0 Å². The summed E-state index contributed by atoms with van der Waals surface area (Å²) >= 11 is 3.40. The number of rotatable bonds is 1. The molecule has 2 bridgehead atoms. The summed E-state index contributed by atoms with van der Waals surface area (Å²) in [6.45, 7) is 4.44. The zero-order valence-electron chi connectivity index (χ0n) is 9.84. The molecular formula is C12H13BrN4O. The van der Waals surface area contributed by atoms with Crippen molar-refractivity contribution in [3.05, 3.63) is 16.7 Å². The van der Waals surface area contributed by atoms with Gasteiger partial charge in [0.1, 0.15) is 0 Å². The lowest BCUT2D eigenvalue weighted by atomic mass is 10.2. The van der Waals surface area contributed by atoms with Crippen molar-refractivity contribution in [2.24, 2.45) is 0 Å². The molecule has 2 fully saturated rings. The topological polar surface area (TPSA) is 45.4 Å². The van der Waals surface area contributed by atoms with Crippen LogP contribution in [0.25, 0.3) is 11.2 Å². The molecule has 94 valence electrons. The van der Waals surface area contributed by atoms with Crippen molar-refractivity contribution in [3.8, 4) is 0 Å². The zero-order chi connectivity index (χ0) is 12.1. The molecule has 6 heteroatoms. The van der Waals surface area contributed by atoms with Crippen LogP contribution < -0.4 is 4.90 Å². The number of fused-ring (bicyclic) bond motifs is 3. The van der Waals surface area contributed by atoms with E-state index in [1.165, 1.54) is 13.0 Å². The summed E-state index contributed by atoms with van der Waals surface area (Å²) in [5.74, 6) is 0. The number of hydrogen-bond donors (Lipinski definition) is 0. The van der Waals surface area contributed by atoms with Gasteiger partial charge in [0, 0.05) is 49.0 Å². The molecule has 4 heterocycles. The maximum Gasteiger partial charge on any atom is 0.300 e. The third kappa shape index (κ3) is 1.63. The Balaban J connectivity index is 1.73. The summed E-state index contributed by atoms with van der Waals surface area (Å²) in [6, 6.07) is 3.20. The zero-order valence-corrected chi connectivity index (χ0v) is 11.4. The molecule has 2 saturated heterocycles. The van der Waals surface area contributed by atoms with E-state index < -0.39 is 0 Å². The quantitative estimate of drug-likeness (QED) is 0.805. The maximum atomic E-state index is 5.84.